The average Bonchev–Trinajstić information content (AvgIpc) is 3.00. The number of amides is 2. The standard InChI is InChI=1S/C20H27N3O2S/c24-19(12-14-10-17-4-5-18(11-14)21-17)22-16-3-1-2-15(13-16)20(25)23-6-8-26-9-7-23/h1-3,13-14,17-18,21H,4-12H2,(H,22,24). The Balaban J connectivity index is 1.34. The third-order valence-corrected chi connectivity index (χ3v) is 6.68. The highest BCUT2D eigenvalue weighted by Gasteiger charge is 2.34. The first-order valence-electron chi connectivity index (χ1n) is 9.70. The van der Waals surface area contributed by atoms with Gasteiger partial charge in [0.2, 0.25) is 5.91 Å². The average molecular weight is 374 g/mol. The van der Waals surface area contributed by atoms with Crippen molar-refractivity contribution in [3.63, 3.8) is 0 Å². The zero-order chi connectivity index (χ0) is 17.9. The summed E-state index contributed by atoms with van der Waals surface area (Å²) in [6.45, 7) is 1.61. The number of rotatable bonds is 4. The van der Waals surface area contributed by atoms with Crippen molar-refractivity contribution in [3.05, 3.63) is 29.8 Å². The molecule has 1 aromatic rings. The number of hydrogen-bond donors (Lipinski definition) is 2. The van der Waals surface area contributed by atoms with E-state index in [1.54, 1.807) is 0 Å². The van der Waals surface area contributed by atoms with E-state index < -0.39 is 0 Å². The summed E-state index contributed by atoms with van der Waals surface area (Å²) >= 11 is 1.89. The van der Waals surface area contributed by atoms with Crippen molar-refractivity contribution in [2.45, 2.75) is 44.2 Å². The lowest BCUT2D eigenvalue weighted by atomic mass is 9.89. The van der Waals surface area contributed by atoms with Crippen molar-refractivity contribution < 1.29 is 9.59 Å². The van der Waals surface area contributed by atoms with Crippen LogP contribution < -0.4 is 10.6 Å². The molecule has 3 saturated heterocycles. The van der Waals surface area contributed by atoms with Gasteiger partial charge in [0.15, 0.2) is 0 Å². The van der Waals surface area contributed by atoms with E-state index in [0.717, 1.165) is 43.1 Å². The van der Waals surface area contributed by atoms with E-state index in [-0.39, 0.29) is 11.8 Å². The van der Waals surface area contributed by atoms with Gasteiger partial charge in [0.05, 0.1) is 0 Å². The Morgan fingerprint density at radius 1 is 1.15 bits per heavy atom. The molecule has 0 radical (unpaired) electrons. The van der Waals surface area contributed by atoms with Crippen LogP contribution in [0.2, 0.25) is 0 Å². The van der Waals surface area contributed by atoms with Crippen LogP contribution in [0.3, 0.4) is 0 Å². The molecule has 0 spiro atoms. The van der Waals surface area contributed by atoms with Crippen molar-refractivity contribution in [1.29, 1.82) is 0 Å². The normalized spacial score (nSPS) is 28.0. The number of hydrogen-bond acceptors (Lipinski definition) is 4. The van der Waals surface area contributed by atoms with E-state index in [0.29, 0.717) is 30.0 Å². The lowest BCUT2D eigenvalue weighted by Crippen LogP contribution is -2.39. The molecule has 3 heterocycles. The quantitative estimate of drug-likeness (QED) is 0.852. The van der Waals surface area contributed by atoms with E-state index in [2.05, 4.69) is 10.6 Å². The Kier molecular flexibility index (Phi) is 5.50. The van der Waals surface area contributed by atoms with E-state index in [1.165, 1.54) is 12.8 Å². The van der Waals surface area contributed by atoms with Gasteiger partial charge in [-0.05, 0) is 49.8 Å². The zero-order valence-electron chi connectivity index (χ0n) is 15.1. The molecule has 2 bridgehead atoms. The summed E-state index contributed by atoms with van der Waals surface area (Å²) in [5.74, 6) is 2.61. The Morgan fingerprint density at radius 2 is 1.88 bits per heavy atom. The molecular formula is C20H27N3O2S. The smallest absolute Gasteiger partial charge is 0.253 e. The van der Waals surface area contributed by atoms with Crippen molar-refractivity contribution in [3.8, 4) is 0 Å². The molecule has 0 saturated carbocycles. The van der Waals surface area contributed by atoms with E-state index in [4.69, 9.17) is 0 Å². The second-order valence-corrected chi connectivity index (χ2v) is 8.94. The van der Waals surface area contributed by atoms with Gasteiger partial charge in [0.1, 0.15) is 0 Å². The highest BCUT2D eigenvalue weighted by atomic mass is 32.2. The molecule has 0 aliphatic carbocycles. The lowest BCUT2D eigenvalue weighted by molar-refractivity contribution is -0.117. The van der Waals surface area contributed by atoms with Gasteiger partial charge in [-0.2, -0.15) is 11.8 Å². The predicted octanol–water partition coefficient (Wildman–Crippen LogP) is 2.73. The molecule has 2 atom stereocenters. The molecule has 5 nitrogen and oxygen atoms in total. The van der Waals surface area contributed by atoms with E-state index >= 15 is 0 Å². The molecule has 2 unspecified atom stereocenters. The molecule has 3 aliphatic rings. The summed E-state index contributed by atoms with van der Waals surface area (Å²) in [4.78, 5) is 27.0. The number of carbonyl (C=O) groups excluding carboxylic acids is 2. The van der Waals surface area contributed by atoms with Gasteiger partial charge in [-0.15, -0.1) is 0 Å². The minimum Gasteiger partial charge on any atom is -0.337 e. The maximum Gasteiger partial charge on any atom is 0.253 e. The molecule has 1 aromatic carbocycles. The Hall–Kier alpha value is -1.53. The summed E-state index contributed by atoms with van der Waals surface area (Å²) < 4.78 is 0. The molecule has 0 aromatic heterocycles. The summed E-state index contributed by atoms with van der Waals surface area (Å²) in [5.41, 5.74) is 1.39. The molecular weight excluding hydrogens is 346 g/mol. The highest BCUT2D eigenvalue weighted by molar-refractivity contribution is 7.99. The van der Waals surface area contributed by atoms with Crippen LogP contribution in [0.15, 0.2) is 24.3 Å². The second-order valence-electron chi connectivity index (χ2n) is 7.71. The Morgan fingerprint density at radius 3 is 2.62 bits per heavy atom. The summed E-state index contributed by atoms with van der Waals surface area (Å²) in [5, 5.41) is 6.62. The van der Waals surface area contributed by atoms with Gasteiger partial charge in [-0.25, -0.2) is 0 Å². The molecule has 2 N–H and O–H groups in total. The Bertz CT molecular complexity index is 663. The van der Waals surface area contributed by atoms with E-state index in [1.807, 2.05) is 40.9 Å². The minimum absolute atomic E-state index is 0.0651. The van der Waals surface area contributed by atoms with Gasteiger partial charge < -0.3 is 15.5 Å². The second kappa shape index (κ2) is 8.01. The predicted molar refractivity (Wildman–Crippen MR) is 106 cm³/mol. The third kappa shape index (κ3) is 4.23. The van der Waals surface area contributed by atoms with Gasteiger partial charge in [0.25, 0.3) is 5.91 Å². The van der Waals surface area contributed by atoms with Crippen LogP contribution in [0.4, 0.5) is 5.69 Å². The summed E-state index contributed by atoms with van der Waals surface area (Å²) in [6, 6.07) is 8.59. The molecule has 3 fully saturated rings. The van der Waals surface area contributed by atoms with Gasteiger partial charge in [0, 0.05) is 54.4 Å². The number of thioether (sulfide) groups is 1. The summed E-state index contributed by atoms with van der Waals surface area (Å²) in [6.07, 6.45) is 5.30. The van der Waals surface area contributed by atoms with Crippen molar-refractivity contribution in [2.75, 3.05) is 29.9 Å². The molecule has 2 amide bonds. The van der Waals surface area contributed by atoms with Crippen molar-refractivity contribution in [2.24, 2.45) is 5.92 Å². The fraction of sp³-hybridized carbons (Fsp3) is 0.600. The van der Waals surface area contributed by atoms with Crippen LogP contribution in [0, 0.1) is 5.92 Å². The van der Waals surface area contributed by atoms with Crippen LogP contribution >= 0.6 is 11.8 Å². The number of anilines is 1. The molecule has 6 heteroatoms. The molecule has 26 heavy (non-hydrogen) atoms. The first-order chi connectivity index (χ1) is 12.7. The zero-order valence-corrected chi connectivity index (χ0v) is 15.9. The lowest BCUT2D eigenvalue weighted by Gasteiger charge is -2.28. The van der Waals surface area contributed by atoms with Crippen LogP contribution in [-0.2, 0) is 4.79 Å². The largest absolute Gasteiger partial charge is 0.337 e. The fourth-order valence-corrected chi connectivity index (χ4v) is 5.40. The number of nitrogens with one attached hydrogen (secondary N) is 2. The molecule has 4 rings (SSSR count). The van der Waals surface area contributed by atoms with Crippen LogP contribution in [0.25, 0.3) is 0 Å². The number of fused-ring (bicyclic) bond motifs is 2. The number of piperidine rings is 1. The highest BCUT2D eigenvalue weighted by Crippen LogP contribution is 2.32. The van der Waals surface area contributed by atoms with Crippen LogP contribution in [0.1, 0.15) is 42.5 Å². The maximum absolute atomic E-state index is 12.6. The van der Waals surface area contributed by atoms with Crippen LogP contribution in [0.5, 0.6) is 0 Å². The minimum atomic E-state index is 0.0651. The topological polar surface area (TPSA) is 61.4 Å². The third-order valence-electron chi connectivity index (χ3n) is 5.74. The molecule has 140 valence electrons. The Labute approximate surface area is 159 Å². The van der Waals surface area contributed by atoms with Crippen molar-refractivity contribution in [1.82, 2.24) is 10.2 Å². The maximum atomic E-state index is 12.6. The SMILES string of the molecule is O=C(CC1CC2CCC(C1)N2)Nc1cccc(C(=O)N2CCSCC2)c1. The summed E-state index contributed by atoms with van der Waals surface area (Å²) in [7, 11) is 0. The van der Waals surface area contributed by atoms with Gasteiger partial charge >= 0.3 is 0 Å². The van der Waals surface area contributed by atoms with Crippen LogP contribution in [-0.4, -0.2) is 53.4 Å². The first-order valence-corrected chi connectivity index (χ1v) is 10.9. The van der Waals surface area contributed by atoms with E-state index in [9.17, 15) is 9.59 Å². The van der Waals surface area contributed by atoms with Gasteiger partial charge in [-0.3, -0.25) is 9.59 Å². The fourth-order valence-electron chi connectivity index (χ4n) is 4.49. The number of benzene rings is 1. The first kappa shape index (κ1) is 17.9. The van der Waals surface area contributed by atoms with Crippen molar-refractivity contribution >= 4 is 29.3 Å². The number of nitrogens with zero attached hydrogens (tertiary/aromatic N) is 1. The van der Waals surface area contributed by atoms with Gasteiger partial charge in [-0.1, -0.05) is 6.07 Å². The molecule has 3 aliphatic heterocycles. The monoisotopic (exact) mass is 373 g/mol. The number of carbonyl (C=O) groups is 2.